The number of rotatable bonds is 2. The Labute approximate surface area is 138 Å². The molecular formula is C17H18N4O3. The molecule has 1 aromatic carbocycles. The standard InChI is InChI=1S/C17H18N4O3/c18-11-16(4-6-17(7-5-16)23-8-9-24-17)20-15(22)13-3-1-2-12-10-19-21-14(12)13/h1-3,10H,4-9H2,(H,19,21)(H,20,22). The van der Waals surface area contributed by atoms with E-state index in [2.05, 4.69) is 21.6 Å². The highest BCUT2D eigenvalue weighted by Gasteiger charge is 2.47. The quantitative estimate of drug-likeness (QED) is 0.877. The second-order valence-corrected chi connectivity index (χ2v) is 6.40. The number of carbonyl (C=O) groups is 1. The molecule has 7 heteroatoms. The van der Waals surface area contributed by atoms with E-state index in [4.69, 9.17) is 9.47 Å². The number of amides is 1. The van der Waals surface area contributed by atoms with Crippen molar-refractivity contribution in [1.82, 2.24) is 15.5 Å². The molecule has 1 aromatic heterocycles. The molecule has 1 spiro atoms. The first-order valence-electron chi connectivity index (χ1n) is 8.09. The lowest BCUT2D eigenvalue weighted by Crippen LogP contribution is -2.53. The summed E-state index contributed by atoms with van der Waals surface area (Å²) in [5, 5.41) is 20.3. The van der Waals surface area contributed by atoms with Crippen molar-refractivity contribution in [2.24, 2.45) is 0 Å². The first-order chi connectivity index (χ1) is 11.7. The van der Waals surface area contributed by atoms with Crippen LogP contribution in [0.3, 0.4) is 0 Å². The maximum Gasteiger partial charge on any atom is 0.254 e. The topological polar surface area (TPSA) is 100 Å². The van der Waals surface area contributed by atoms with Crippen molar-refractivity contribution in [3.8, 4) is 6.07 Å². The minimum absolute atomic E-state index is 0.268. The third kappa shape index (κ3) is 2.44. The van der Waals surface area contributed by atoms with E-state index in [1.165, 1.54) is 0 Å². The molecule has 2 heterocycles. The molecule has 2 aromatic rings. The molecule has 4 rings (SSSR count). The number of fused-ring (bicyclic) bond motifs is 1. The maximum absolute atomic E-state index is 12.7. The number of para-hydroxylation sites is 1. The molecule has 1 aliphatic carbocycles. The minimum Gasteiger partial charge on any atom is -0.348 e. The van der Waals surface area contributed by atoms with E-state index in [1.54, 1.807) is 12.3 Å². The van der Waals surface area contributed by atoms with Gasteiger partial charge in [-0.1, -0.05) is 12.1 Å². The summed E-state index contributed by atoms with van der Waals surface area (Å²) >= 11 is 0. The Kier molecular flexibility index (Phi) is 3.52. The van der Waals surface area contributed by atoms with Gasteiger partial charge in [0.25, 0.3) is 5.91 Å². The van der Waals surface area contributed by atoms with Crippen LogP contribution in [0.2, 0.25) is 0 Å². The summed E-state index contributed by atoms with van der Waals surface area (Å²) in [6.45, 7) is 1.18. The van der Waals surface area contributed by atoms with Crippen molar-refractivity contribution in [2.45, 2.75) is 37.0 Å². The van der Waals surface area contributed by atoms with E-state index in [-0.39, 0.29) is 5.91 Å². The molecule has 1 aliphatic heterocycles. The van der Waals surface area contributed by atoms with Gasteiger partial charge in [-0.2, -0.15) is 10.4 Å². The van der Waals surface area contributed by atoms with Crippen LogP contribution in [0.4, 0.5) is 0 Å². The predicted octanol–water partition coefficient (Wildman–Crippen LogP) is 1.87. The van der Waals surface area contributed by atoms with Crippen LogP contribution in [-0.4, -0.2) is 40.6 Å². The van der Waals surface area contributed by atoms with Crippen LogP contribution in [0.15, 0.2) is 24.4 Å². The average molecular weight is 326 g/mol. The van der Waals surface area contributed by atoms with Crippen LogP contribution in [-0.2, 0) is 9.47 Å². The van der Waals surface area contributed by atoms with Gasteiger partial charge >= 0.3 is 0 Å². The Bertz CT molecular complexity index is 807. The van der Waals surface area contributed by atoms with Gasteiger partial charge in [-0.05, 0) is 18.9 Å². The number of benzene rings is 1. The summed E-state index contributed by atoms with van der Waals surface area (Å²) in [6.07, 6.45) is 3.90. The molecule has 24 heavy (non-hydrogen) atoms. The number of nitrogens with zero attached hydrogens (tertiary/aromatic N) is 2. The van der Waals surface area contributed by atoms with E-state index in [1.807, 2.05) is 12.1 Å². The number of hydrogen-bond donors (Lipinski definition) is 2. The Morgan fingerprint density at radius 3 is 2.71 bits per heavy atom. The predicted molar refractivity (Wildman–Crippen MR) is 85.0 cm³/mol. The van der Waals surface area contributed by atoms with Crippen LogP contribution in [0.25, 0.3) is 10.9 Å². The summed E-state index contributed by atoms with van der Waals surface area (Å²) in [4.78, 5) is 12.7. The molecule has 2 N–H and O–H groups in total. The van der Waals surface area contributed by atoms with Crippen molar-refractivity contribution in [2.75, 3.05) is 13.2 Å². The van der Waals surface area contributed by atoms with E-state index < -0.39 is 11.3 Å². The smallest absolute Gasteiger partial charge is 0.254 e. The molecular weight excluding hydrogens is 308 g/mol. The number of ether oxygens (including phenoxy) is 2. The Morgan fingerprint density at radius 2 is 2.00 bits per heavy atom. The van der Waals surface area contributed by atoms with Gasteiger partial charge in [0.05, 0.1) is 36.6 Å². The number of aromatic amines is 1. The number of hydrogen-bond acceptors (Lipinski definition) is 5. The zero-order valence-electron chi connectivity index (χ0n) is 13.2. The van der Waals surface area contributed by atoms with Gasteiger partial charge in [-0.3, -0.25) is 9.89 Å². The van der Waals surface area contributed by atoms with Crippen molar-refractivity contribution >= 4 is 16.8 Å². The van der Waals surface area contributed by atoms with Crippen molar-refractivity contribution in [3.63, 3.8) is 0 Å². The third-order valence-electron chi connectivity index (χ3n) is 4.97. The average Bonchev–Trinajstić information content (AvgIpc) is 3.26. The van der Waals surface area contributed by atoms with Gasteiger partial charge < -0.3 is 14.8 Å². The first-order valence-corrected chi connectivity index (χ1v) is 8.09. The molecule has 7 nitrogen and oxygen atoms in total. The van der Waals surface area contributed by atoms with E-state index in [0.717, 1.165) is 5.39 Å². The van der Waals surface area contributed by atoms with E-state index >= 15 is 0 Å². The highest BCUT2D eigenvalue weighted by atomic mass is 16.7. The van der Waals surface area contributed by atoms with Gasteiger partial charge in [-0.15, -0.1) is 0 Å². The molecule has 124 valence electrons. The van der Waals surface area contributed by atoms with Crippen LogP contribution in [0.1, 0.15) is 36.0 Å². The van der Waals surface area contributed by atoms with Crippen molar-refractivity contribution < 1.29 is 14.3 Å². The lowest BCUT2D eigenvalue weighted by molar-refractivity contribution is -0.182. The Hall–Kier alpha value is -2.43. The normalized spacial score (nSPS) is 21.6. The first kappa shape index (κ1) is 15.1. The van der Waals surface area contributed by atoms with Gasteiger partial charge in [0.1, 0.15) is 5.54 Å². The highest BCUT2D eigenvalue weighted by Crippen LogP contribution is 2.40. The molecule has 0 bridgehead atoms. The monoisotopic (exact) mass is 326 g/mol. The SMILES string of the molecule is N#CC1(NC(=O)c2cccc3cn[nH]c23)CCC2(CC1)OCCO2. The van der Waals surface area contributed by atoms with Gasteiger partial charge in [0.15, 0.2) is 5.79 Å². The molecule has 0 atom stereocenters. The third-order valence-corrected chi connectivity index (χ3v) is 4.97. The molecule has 1 amide bonds. The summed E-state index contributed by atoms with van der Waals surface area (Å²) in [5.41, 5.74) is 0.283. The summed E-state index contributed by atoms with van der Waals surface area (Å²) < 4.78 is 11.4. The summed E-state index contributed by atoms with van der Waals surface area (Å²) in [5.74, 6) is -0.829. The number of H-pyrrole nitrogens is 1. The summed E-state index contributed by atoms with van der Waals surface area (Å²) in [7, 11) is 0. The Balaban J connectivity index is 1.54. The zero-order valence-corrected chi connectivity index (χ0v) is 13.2. The molecule has 0 unspecified atom stereocenters. The fourth-order valence-electron chi connectivity index (χ4n) is 3.55. The minimum atomic E-state index is -0.889. The molecule has 2 fully saturated rings. The number of nitrogens with one attached hydrogen (secondary N) is 2. The van der Waals surface area contributed by atoms with Gasteiger partial charge in [0, 0.05) is 18.2 Å². The summed E-state index contributed by atoms with van der Waals surface area (Å²) in [6, 6.07) is 7.72. The maximum atomic E-state index is 12.7. The van der Waals surface area contributed by atoms with Crippen LogP contribution >= 0.6 is 0 Å². The Morgan fingerprint density at radius 1 is 1.25 bits per heavy atom. The second kappa shape index (κ2) is 5.58. The van der Waals surface area contributed by atoms with Crippen LogP contribution in [0, 0.1) is 11.3 Å². The van der Waals surface area contributed by atoms with Crippen LogP contribution < -0.4 is 5.32 Å². The number of carbonyl (C=O) groups excluding carboxylic acids is 1. The second-order valence-electron chi connectivity index (χ2n) is 6.40. The van der Waals surface area contributed by atoms with Crippen LogP contribution in [0.5, 0.6) is 0 Å². The lowest BCUT2D eigenvalue weighted by atomic mass is 9.79. The van der Waals surface area contributed by atoms with E-state index in [9.17, 15) is 10.1 Å². The van der Waals surface area contributed by atoms with Crippen molar-refractivity contribution in [1.29, 1.82) is 5.26 Å². The molecule has 1 saturated heterocycles. The number of nitriles is 1. The number of aromatic nitrogens is 2. The fraction of sp³-hybridized carbons (Fsp3) is 0.471. The van der Waals surface area contributed by atoms with Crippen molar-refractivity contribution in [3.05, 3.63) is 30.0 Å². The molecule has 2 aliphatic rings. The van der Waals surface area contributed by atoms with Gasteiger partial charge in [-0.25, -0.2) is 0 Å². The van der Waals surface area contributed by atoms with Gasteiger partial charge in [0.2, 0.25) is 0 Å². The highest BCUT2D eigenvalue weighted by molar-refractivity contribution is 6.05. The lowest BCUT2D eigenvalue weighted by Gasteiger charge is -2.40. The zero-order chi connectivity index (χ0) is 16.6. The fourth-order valence-corrected chi connectivity index (χ4v) is 3.55. The molecule has 0 radical (unpaired) electrons. The van der Waals surface area contributed by atoms with E-state index in [0.29, 0.717) is 50.0 Å². The largest absolute Gasteiger partial charge is 0.348 e. The molecule has 1 saturated carbocycles.